The molecule has 1 aromatic heterocycles. The molecule has 2 aromatic rings. The molecule has 1 aromatic carbocycles. The molecule has 4 heteroatoms. The Morgan fingerprint density at radius 1 is 1.18 bits per heavy atom. The minimum absolute atomic E-state index is 0.0220. The molecular formula is C13H15NO3. The molecule has 0 spiro atoms. The number of aliphatic hydroxyl groups is 1. The Morgan fingerprint density at radius 3 is 2.65 bits per heavy atom. The number of fused-ring (bicyclic) bond motifs is 1. The van der Waals surface area contributed by atoms with Crippen LogP contribution in [0.4, 0.5) is 0 Å². The Bertz CT molecular complexity index is 499. The second kappa shape index (κ2) is 5.61. The Hall–Kier alpha value is -1.65. The van der Waals surface area contributed by atoms with Gasteiger partial charge in [0.15, 0.2) is 0 Å². The van der Waals surface area contributed by atoms with Gasteiger partial charge in [-0.15, -0.1) is 0 Å². The minimum Gasteiger partial charge on any atom is -0.475 e. The molecular weight excluding hydrogens is 218 g/mol. The van der Waals surface area contributed by atoms with Crippen LogP contribution in [0.3, 0.4) is 0 Å². The lowest BCUT2D eigenvalue weighted by Gasteiger charge is -2.09. The van der Waals surface area contributed by atoms with E-state index in [1.807, 2.05) is 24.3 Å². The molecule has 90 valence electrons. The Labute approximate surface area is 99.8 Å². The van der Waals surface area contributed by atoms with Gasteiger partial charge in [-0.05, 0) is 11.5 Å². The first kappa shape index (κ1) is 11.8. The lowest BCUT2D eigenvalue weighted by molar-refractivity contribution is 0.144. The van der Waals surface area contributed by atoms with E-state index in [9.17, 15) is 5.11 Å². The summed E-state index contributed by atoms with van der Waals surface area (Å²) in [4.78, 5) is 4.21. The van der Waals surface area contributed by atoms with Crippen LogP contribution in [-0.4, -0.2) is 30.4 Å². The zero-order valence-electron chi connectivity index (χ0n) is 9.72. The van der Waals surface area contributed by atoms with Crippen LogP contribution < -0.4 is 4.74 Å². The van der Waals surface area contributed by atoms with Gasteiger partial charge < -0.3 is 14.6 Å². The molecule has 1 heterocycles. The zero-order chi connectivity index (χ0) is 12.1. The van der Waals surface area contributed by atoms with Crippen LogP contribution in [-0.2, 0) is 11.3 Å². The van der Waals surface area contributed by atoms with Crippen LogP contribution in [0.1, 0.15) is 5.56 Å². The van der Waals surface area contributed by atoms with Crippen molar-refractivity contribution in [3.8, 4) is 5.88 Å². The highest BCUT2D eigenvalue weighted by Gasteiger charge is 2.07. The summed E-state index contributed by atoms with van der Waals surface area (Å²) < 4.78 is 10.5. The summed E-state index contributed by atoms with van der Waals surface area (Å²) in [6, 6.07) is 7.74. The van der Waals surface area contributed by atoms with E-state index in [2.05, 4.69) is 4.98 Å². The third-order valence-corrected chi connectivity index (χ3v) is 2.54. The molecule has 0 saturated heterocycles. The van der Waals surface area contributed by atoms with Crippen LogP contribution >= 0.6 is 0 Å². The van der Waals surface area contributed by atoms with Gasteiger partial charge in [0, 0.05) is 24.3 Å². The van der Waals surface area contributed by atoms with Gasteiger partial charge in [-0.1, -0.05) is 18.2 Å². The topological polar surface area (TPSA) is 51.6 Å². The molecule has 0 atom stereocenters. The van der Waals surface area contributed by atoms with Gasteiger partial charge >= 0.3 is 0 Å². The number of benzene rings is 1. The van der Waals surface area contributed by atoms with Crippen molar-refractivity contribution in [2.45, 2.75) is 6.61 Å². The number of ether oxygens (including phenoxy) is 2. The highest BCUT2D eigenvalue weighted by molar-refractivity contribution is 5.89. The normalized spacial score (nSPS) is 10.7. The Kier molecular flexibility index (Phi) is 3.90. The van der Waals surface area contributed by atoms with Gasteiger partial charge in [0.25, 0.3) is 0 Å². The lowest BCUT2D eigenvalue weighted by Crippen LogP contribution is -2.06. The van der Waals surface area contributed by atoms with E-state index in [1.54, 1.807) is 13.3 Å². The fraction of sp³-hybridized carbons (Fsp3) is 0.308. The molecule has 0 bridgehead atoms. The van der Waals surface area contributed by atoms with Crippen LogP contribution in [0, 0.1) is 0 Å². The first-order valence-corrected chi connectivity index (χ1v) is 5.46. The molecule has 2 rings (SSSR count). The summed E-state index contributed by atoms with van der Waals surface area (Å²) >= 11 is 0. The van der Waals surface area contributed by atoms with Gasteiger partial charge in [-0.25, -0.2) is 4.98 Å². The van der Waals surface area contributed by atoms with Crippen molar-refractivity contribution >= 4 is 10.8 Å². The molecule has 0 aliphatic carbocycles. The van der Waals surface area contributed by atoms with Crippen molar-refractivity contribution in [3.63, 3.8) is 0 Å². The van der Waals surface area contributed by atoms with Crippen molar-refractivity contribution in [1.29, 1.82) is 0 Å². The maximum atomic E-state index is 9.24. The maximum Gasteiger partial charge on any atom is 0.221 e. The number of aromatic nitrogens is 1. The minimum atomic E-state index is -0.0220. The number of methoxy groups -OCH3 is 1. The van der Waals surface area contributed by atoms with Crippen molar-refractivity contribution in [1.82, 2.24) is 4.98 Å². The molecule has 0 fully saturated rings. The van der Waals surface area contributed by atoms with Crippen LogP contribution in [0.2, 0.25) is 0 Å². The Morgan fingerprint density at radius 2 is 1.94 bits per heavy atom. The van der Waals surface area contributed by atoms with E-state index < -0.39 is 0 Å². The van der Waals surface area contributed by atoms with E-state index in [-0.39, 0.29) is 6.61 Å². The first-order valence-electron chi connectivity index (χ1n) is 5.46. The first-order chi connectivity index (χ1) is 8.36. The van der Waals surface area contributed by atoms with E-state index in [4.69, 9.17) is 9.47 Å². The van der Waals surface area contributed by atoms with Gasteiger partial charge in [-0.2, -0.15) is 0 Å². The summed E-state index contributed by atoms with van der Waals surface area (Å²) in [5.74, 6) is 0.579. The molecule has 0 aliphatic heterocycles. The number of hydrogen-bond donors (Lipinski definition) is 1. The van der Waals surface area contributed by atoms with E-state index in [0.29, 0.717) is 19.1 Å². The largest absolute Gasteiger partial charge is 0.475 e. The number of nitrogens with zero attached hydrogens (tertiary/aromatic N) is 1. The predicted molar refractivity (Wildman–Crippen MR) is 65.0 cm³/mol. The smallest absolute Gasteiger partial charge is 0.221 e. The average molecular weight is 233 g/mol. The average Bonchev–Trinajstić information content (AvgIpc) is 2.39. The third kappa shape index (κ3) is 2.54. The van der Waals surface area contributed by atoms with Crippen molar-refractivity contribution in [3.05, 3.63) is 36.0 Å². The highest BCUT2D eigenvalue weighted by atomic mass is 16.5. The van der Waals surface area contributed by atoms with Crippen molar-refractivity contribution in [2.75, 3.05) is 20.3 Å². The number of rotatable bonds is 5. The maximum absolute atomic E-state index is 9.24. The SMILES string of the molecule is COCCOc1ncc(CO)c2ccccc12. The quantitative estimate of drug-likeness (QED) is 0.799. The van der Waals surface area contributed by atoms with Gasteiger partial charge in [0.2, 0.25) is 5.88 Å². The summed E-state index contributed by atoms with van der Waals surface area (Å²) in [6.45, 7) is 0.968. The molecule has 0 radical (unpaired) electrons. The van der Waals surface area contributed by atoms with Gasteiger partial charge in [0.05, 0.1) is 13.2 Å². The van der Waals surface area contributed by atoms with E-state index >= 15 is 0 Å². The monoisotopic (exact) mass is 233 g/mol. The summed E-state index contributed by atoms with van der Waals surface area (Å²) in [5, 5.41) is 11.1. The summed E-state index contributed by atoms with van der Waals surface area (Å²) in [5.41, 5.74) is 0.805. The number of aliphatic hydroxyl groups excluding tert-OH is 1. The summed E-state index contributed by atoms with van der Waals surface area (Å²) in [7, 11) is 1.63. The van der Waals surface area contributed by atoms with Gasteiger partial charge in [0.1, 0.15) is 6.61 Å². The van der Waals surface area contributed by atoms with Crippen molar-refractivity contribution < 1.29 is 14.6 Å². The second-order valence-electron chi connectivity index (χ2n) is 3.63. The number of hydrogen-bond acceptors (Lipinski definition) is 4. The van der Waals surface area contributed by atoms with E-state index in [1.165, 1.54) is 0 Å². The molecule has 0 saturated carbocycles. The standard InChI is InChI=1S/C13H15NO3/c1-16-6-7-17-13-12-5-3-2-4-11(12)10(9-15)8-14-13/h2-5,8,15H,6-7,9H2,1H3. The Balaban J connectivity index is 2.37. The molecule has 17 heavy (non-hydrogen) atoms. The lowest BCUT2D eigenvalue weighted by atomic mass is 10.1. The summed E-state index contributed by atoms with van der Waals surface area (Å²) in [6.07, 6.45) is 1.64. The van der Waals surface area contributed by atoms with Crippen molar-refractivity contribution in [2.24, 2.45) is 0 Å². The van der Waals surface area contributed by atoms with E-state index in [0.717, 1.165) is 16.3 Å². The molecule has 0 amide bonds. The van der Waals surface area contributed by atoms with Crippen LogP contribution in [0.5, 0.6) is 5.88 Å². The second-order valence-corrected chi connectivity index (χ2v) is 3.63. The van der Waals surface area contributed by atoms with Gasteiger partial charge in [-0.3, -0.25) is 0 Å². The fourth-order valence-electron chi connectivity index (χ4n) is 1.69. The molecule has 1 N–H and O–H groups in total. The number of pyridine rings is 1. The molecule has 4 nitrogen and oxygen atoms in total. The highest BCUT2D eigenvalue weighted by Crippen LogP contribution is 2.25. The zero-order valence-corrected chi connectivity index (χ0v) is 9.72. The van der Waals surface area contributed by atoms with Crippen LogP contribution in [0.15, 0.2) is 30.5 Å². The predicted octanol–water partition coefficient (Wildman–Crippen LogP) is 1.75. The van der Waals surface area contributed by atoms with Crippen LogP contribution in [0.25, 0.3) is 10.8 Å². The fourth-order valence-corrected chi connectivity index (χ4v) is 1.69. The third-order valence-electron chi connectivity index (χ3n) is 2.54. The molecule has 0 unspecified atom stereocenters. The molecule has 0 aliphatic rings.